The molecule has 32 heavy (non-hydrogen) atoms. The zero-order valence-electron chi connectivity index (χ0n) is 17.3. The van der Waals surface area contributed by atoms with E-state index in [4.69, 9.17) is 21.1 Å². The van der Waals surface area contributed by atoms with Crippen LogP contribution >= 0.6 is 11.6 Å². The lowest BCUT2D eigenvalue weighted by Gasteiger charge is -2.32. The molecule has 4 heterocycles. The first-order chi connectivity index (χ1) is 15.6. The summed E-state index contributed by atoms with van der Waals surface area (Å²) in [6.07, 6.45) is 6.31. The molecule has 162 valence electrons. The maximum atomic E-state index is 13.2. The second-order valence-corrected chi connectivity index (χ2v) is 7.80. The van der Waals surface area contributed by atoms with Crippen LogP contribution in [-0.2, 0) is 4.74 Å². The van der Waals surface area contributed by atoms with Crippen molar-refractivity contribution in [3.05, 3.63) is 77.6 Å². The Morgan fingerprint density at radius 1 is 1.12 bits per heavy atom. The topological polar surface area (TPSA) is 81.9 Å². The van der Waals surface area contributed by atoms with E-state index in [1.807, 2.05) is 24.3 Å². The lowest BCUT2D eigenvalue weighted by atomic mass is 10.0. The van der Waals surface area contributed by atoms with Gasteiger partial charge in [-0.15, -0.1) is 0 Å². The summed E-state index contributed by atoms with van der Waals surface area (Å²) in [7, 11) is 1.63. The van der Waals surface area contributed by atoms with Crippen LogP contribution in [-0.4, -0.2) is 57.0 Å². The average molecular weight is 450 g/mol. The van der Waals surface area contributed by atoms with Gasteiger partial charge in [-0.2, -0.15) is 0 Å². The molecule has 1 fully saturated rings. The van der Waals surface area contributed by atoms with Crippen molar-refractivity contribution in [3.63, 3.8) is 0 Å². The predicted molar refractivity (Wildman–Crippen MR) is 119 cm³/mol. The van der Waals surface area contributed by atoms with Gasteiger partial charge < -0.3 is 18.8 Å². The Balaban J connectivity index is 1.40. The maximum Gasteiger partial charge on any atom is 0.274 e. The molecular formula is C23H20ClN5O3. The molecule has 1 saturated heterocycles. The molecule has 4 aromatic rings. The van der Waals surface area contributed by atoms with E-state index in [1.54, 1.807) is 53.3 Å². The molecule has 1 aliphatic rings. The number of carbonyl (C=O) groups is 1. The van der Waals surface area contributed by atoms with Crippen LogP contribution in [0.15, 0.2) is 61.2 Å². The average Bonchev–Trinajstić information content (AvgIpc) is 3.27. The number of benzene rings is 1. The number of amides is 1. The van der Waals surface area contributed by atoms with Crippen molar-refractivity contribution in [1.29, 1.82) is 0 Å². The Morgan fingerprint density at radius 3 is 2.75 bits per heavy atom. The zero-order chi connectivity index (χ0) is 22.1. The van der Waals surface area contributed by atoms with E-state index in [0.717, 1.165) is 17.0 Å². The highest BCUT2D eigenvalue weighted by Crippen LogP contribution is 2.30. The Labute approximate surface area is 189 Å². The van der Waals surface area contributed by atoms with Gasteiger partial charge in [0.05, 0.1) is 36.7 Å². The number of rotatable bonds is 4. The lowest BCUT2D eigenvalue weighted by molar-refractivity contribution is -0.0247. The van der Waals surface area contributed by atoms with E-state index in [1.165, 1.54) is 0 Å². The third-order valence-electron chi connectivity index (χ3n) is 5.38. The summed E-state index contributed by atoms with van der Waals surface area (Å²) in [5.74, 6) is 0.603. The Bertz CT molecular complexity index is 1270. The summed E-state index contributed by atoms with van der Waals surface area (Å²) in [6, 6.07) is 11.1. The van der Waals surface area contributed by atoms with Gasteiger partial charge in [0.25, 0.3) is 5.91 Å². The van der Waals surface area contributed by atoms with Crippen molar-refractivity contribution >= 4 is 23.2 Å². The van der Waals surface area contributed by atoms with Gasteiger partial charge in [0.15, 0.2) is 0 Å². The minimum absolute atomic E-state index is 0.159. The molecule has 3 aromatic heterocycles. The predicted octanol–water partition coefficient (Wildman–Crippen LogP) is 3.67. The molecule has 0 bridgehead atoms. The number of methoxy groups -OCH3 is 1. The van der Waals surface area contributed by atoms with Crippen LogP contribution in [0.3, 0.4) is 0 Å². The van der Waals surface area contributed by atoms with Crippen molar-refractivity contribution in [3.8, 4) is 17.0 Å². The van der Waals surface area contributed by atoms with E-state index in [0.29, 0.717) is 41.8 Å². The molecule has 1 aliphatic heterocycles. The molecule has 5 rings (SSSR count). The number of ether oxygens (including phenoxy) is 2. The molecule has 1 atom stereocenters. The van der Waals surface area contributed by atoms with Crippen molar-refractivity contribution in [2.75, 3.05) is 26.8 Å². The molecule has 0 radical (unpaired) electrons. The van der Waals surface area contributed by atoms with E-state index in [2.05, 4.69) is 15.0 Å². The van der Waals surface area contributed by atoms with Crippen LogP contribution < -0.4 is 4.74 Å². The molecule has 1 amide bonds. The zero-order valence-corrected chi connectivity index (χ0v) is 18.1. The van der Waals surface area contributed by atoms with Crippen LogP contribution in [0.5, 0.6) is 5.75 Å². The van der Waals surface area contributed by atoms with Crippen LogP contribution in [0.25, 0.3) is 16.9 Å². The molecule has 0 spiro atoms. The fourth-order valence-electron chi connectivity index (χ4n) is 3.78. The largest absolute Gasteiger partial charge is 0.497 e. The molecule has 9 heteroatoms. The van der Waals surface area contributed by atoms with Crippen LogP contribution in [0, 0.1) is 0 Å². The summed E-state index contributed by atoms with van der Waals surface area (Å²) in [6.45, 7) is 1.23. The van der Waals surface area contributed by atoms with Gasteiger partial charge in [-0.05, 0) is 36.4 Å². The summed E-state index contributed by atoms with van der Waals surface area (Å²) in [4.78, 5) is 28.4. The molecule has 0 saturated carbocycles. The van der Waals surface area contributed by atoms with E-state index in [-0.39, 0.29) is 5.91 Å². The number of morpholine rings is 1. The molecular weight excluding hydrogens is 430 g/mol. The van der Waals surface area contributed by atoms with Gasteiger partial charge in [0, 0.05) is 36.9 Å². The smallest absolute Gasteiger partial charge is 0.274 e. The Kier molecular flexibility index (Phi) is 5.46. The highest BCUT2D eigenvalue weighted by atomic mass is 35.5. The van der Waals surface area contributed by atoms with Gasteiger partial charge >= 0.3 is 0 Å². The fraction of sp³-hybridized carbons (Fsp3) is 0.217. The van der Waals surface area contributed by atoms with Gasteiger partial charge in [-0.25, -0.2) is 4.98 Å². The number of hydrogen-bond donors (Lipinski definition) is 0. The summed E-state index contributed by atoms with van der Waals surface area (Å²) >= 11 is 6.05. The van der Waals surface area contributed by atoms with Crippen molar-refractivity contribution in [2.24, 2.45) is 0 Å². The highest BCUT2D eigenvalue weighted by Gasteiger charge is 2.30. The van der Waals surface area contributed by atoms with Crippen LogP contribution in [0.1, 0.15) is 22.3 Å². The van der Waals surface area contributed by atoms with E-state index in [9.17, 15) is 4.79 Å². The Hall–Kier alpha value is -3.49. The number of imidazole rings is 1. The monoisotopic (exact) mass is 449 g/mol. The molecule has 0 aliphatic carbocycles. The standard InChI is InChI=1S/C23H20ClN5O3/c1-31-17-5-2-15(3-6-17)21-22(26-9-8-25-21)19-14-28(10-11-32-19)23(30)18-13-29-12-16(24)4-7-20(29)27-18/h2-9,12-13,19H,10-11,14H2,1H3/t19-/m1/s1. The first-order valence-electron chi connectivity index (χ1n) is 10.1. The summed E-state index contributed by atoms with van der Waals surface area (Å²) < 4.78 is 13.0. The molecule has 1 aromatic carbocycles. The van der Waals surface area contributed by atoms with Crippen LogP contribution in [0.2, 0.25) is 5.02 Å². The third-order valence-corrected chi connectivity index (χ3v) is 5.61. The van der Waals surface area contributed by atoms with Gasteiger partial charge in [0.1, 0.15) is 23.2 Å². The minimum atomic E-state index is -0.398. The van der Waals surface area contributed by atoms with Gasteiger partial charge in [-0.3, -0.25) is 14.8 Å². The highest BCUT2D eigenvalue weighted by molar-refractivity contribution is 6.30. The lowest BCUT2D eigenvalue weighted by Crippen LogP contribution is -2.42. The summed E-state index contributed by atoms with van der Waals surface area (Å²) in [5, 5.41) is 0.578. The summed E-state index contributed by atoms with van der Waals surface area (Å²) in [5.41, 5.74) is 3.34. The first kappa shape index (κ1) is 20.4. The number of aromatic nitrogens is 4. The number of fused-ring (bicyclic) bond motifs is 1. The number of carbonyl (C=O) groups excluding carboxylic acids is 1. The third kappa shape index (κ3) is 3.90. The van der Waals surface area contributed by atoms with Crippen LogP contribution in [0.4, 0.5) is 0 Å². The normalized spacial score (nSPS) is 16.3. The van der Waals surface area contributed by atoms with Crippen molar-refractivity contribution in [1.82, 2.24) is 24.3 Å². The minimum Gasteiger partial charge on any atom is -0.497 e. The second kappa shape index (κ2) is 8.57. The van der Waals surface area contributed by atoms with Gasteiger partial charge in [0.2, 0.25) is 0 Å². The Morgan fingerprint density at radius 2 is 1.94 bits per heavy atom. The fourth-order valence-corrected chi connectivity index (χ4v) is 3.95. The second-order valence-electron chi connectivity index (χ2n) is 7.37. The number of hydrogen-bond acceptors (Lipinski definition) is 6. The van der Waals surface area contributed by atoms with Gasteiger partial charge in [-0.1, -0.05) is 11.6 Å². The number of nitrogens with zero attached hydrogens (tertiary/aromatic N) is 5. The number of halogens is 1. The van der Waals surface area contributed by atoms with Crippen molar-refractivity contribution in [2.45, 2.75) is 6.10 Å². The quantitative estimate of drug-likeness (QED) is 0.473. The maximum absolute atomic E-state index is 13.2. The first-order valence-corrected chi connectivity index (χ1v) is 10.5. The number of pyridine rings is 1. The van der Waals surface area contributed by atoms with E-state index >= 15 is 0 Å². The molecule has 8 nitrogen and oxygen atoms in total. The van der Waals surface area contributed by atoms with E-state index < -0.39 is 6.10 Å². The SMILES string of the molecule is COc1ccc(-c2nccnc2[C@H]2CN(C(=O)c3cn4cc(Cl)ccc4n3)CCO2)cc1. The van der Waals surface area contributed by atoms with Crippen molar-refractivity contribution < 1.29 is 14.3 Å². The molecule has 0 unspecified atom stereocenters. The molecule has 0 N–H and O–H groups in total.